The van der Waals surface area contributed by atoms with Gasteiger partial charge < -0.3 is 24.4 Å². The van der Waals surface area contributed by atoms with Gasteiger partial charge in [-0.3, -0.25) is 9.59 Å². The molecule has 30 heavy (non-hydrogen) atoms. The number of aromatic hydroxyl groups is 1. The predicted octanol–water partition coefficient (Wildman–Crippen LogP) is 1.21. The topological polar surface area (TPSA) is 104 Å². The average molecular weight is 412 g/mol. The molecule has 0 atom stereocenters. The van der Waals surface area contributed by atoms with Crippen molar-refractivity contribution in [2.45, 2.75) is 0 Å². The van der Waals surface area contributed by atoms with Gasteiger partial charge in [0, 0.05) is 26.2 Å². The number of nitrogens with zero attached hydrogens (tertiary/aromatic N) is 3. The van der Waals surface area contributed by atoms with E-state index in [1.54, 1.807) is 19.2 Å². The molecule has 0 bridgehead atoms. The standard InChI is InChI=1S/C21H24N4O5/c1-29-18-6-4-3-5-16(18)24-9-11-25(12-10-24)21(28)20(27)23-22-14-15-7-8-17(26)19(13-15)30-2/h3-8,13-14,26H,9-12H2,1-2H3,(H,23,27)/b22-14-. The molecule has 0 saturated carbocycles. The molecule has 158 valence electrons. The Labute approximate surface area is 174 Å². The van der Waals surface area contributed by atoms with Gasteiger partial charge in [-0.25, -0.2) is 5.43 Å². The second kappa shape index (κ2) is 9.64. The van der Waals surface area contributed by atoms with Crippen molar-refractivity contribution in [2.24, 2.45) is 5.10 Å². The molecule has 0 aromatic heterocycles. The van der Waals surface area contributed by atoms with Crippen LogP contribution in [0.25, 0.3) is 0 Å². The first-order chi connectivity index (χ1) is 14.5. The highest BCUT2D eigenvalue weighted by molar-refractivity contribution is 6.35. The first-order valence-electron chi connectivity index (χ1n) is 9.40. The molecule has 9 heteroatoms. The van der Waals surface area contributed by atoms with Crippen LogP contribution >= 0.6 is 0 Å². The number of phenols is 1. The molecule has 1 heterocycles. The molecule has 1 aliphatic heterocycles. The van der Waals surface area contributed by atoms with Crippen molar-refractivity contribution in [3.05, 3.63) is 48.0 Å². The van der Waals surface area contributed by atoms with E-state index in [1.165, 1.54) is 24.3 Å². The van der Waals surface area contributed by atoms with Crippen LogP contribution < -0.4 is 19.8 Å². The lowest BCUT2D eigenvalue weighted by molar-refractivity contribution is -0.146. The highest BCUT2D eigenvalue weighted by Gasteiger charge is 2.26. The number of phenolic OH excluding ortho intramolecular Hbond substituents is 1. The molecule has 2 N–H and O–H groups in total. The molecule has 0 radical (unpaired) electrons. The lowest BCUT2D eigenvalue weighted by atomic mass is 10.2. The van der Waals surface area contributed by atoms with Crippen molar-refractivity contribution in [1.29, 1.82) is 0 Å². The first kappa shape index (κ1) is 21.0. The summed E-state index contributed by atoms with van der Waals surface area (Å²) in [5, 5.41) is 13.4. The molecular formula is C21H24N4O5. The minimum atomic E-state index is -0.803. The maximum absolute atomic E-state index is 12.4. The summed E-state index contributed by atoms with van der Waals surface area (Å²) >= 11 is 0. The molecular weight excluding hydrogens is 388 g/mol. The van der Waals surface area contributed by atoms with E-state index in [2.05, 4.69) is 15.4 Å². The van der Waals surface area contributed by atoms with Gasteiger partial charge in [-0.1, -0.05) is 12.1 Å². The SMILES string of the molecule is COc1cc(/C=N\NC(=O)C(=O)N2CCN(c3ccccc3OC)CC2)ccc1O. The van der Waals surface area contributed by atoms with Crippen molar-refractivity contribution in [1.82, 2.24) is 10.3 Å². The largest absolute Gasteiger partial charge is 0.504 e. The summed E-state index contributed by atoms with van der Waals surface area (Å²) in [5.74, 6) is -0.372. The molecule has 9 nitrogen and oxygen atoms in total. The fourth-order valence-corrected chi connectivity index (χ4v) is 3.17. The maximum Gasteiger partial charge on any atom is 0.329 e. The van der Waals surface area contributed by atoms with Crippen molar-refractivity contribution >= 4 is 23.7 Å². The molecule has 1 saturated heterocycles. The second-order valence-electron chi connectivity index (χ2n) is 6.58. The molecule has 3 rings (SSSR count). The number of carbonyl (C=O) groups is 2. The van der Waals surface area contributed by atoms with Gasteiger partial charge in [0.2, 0.25) is 0 Å². The van der Waals surface area contributed by atoms with E-state index in [-0.39, 0.29) is 11.5 Å². The molecule has 2 amide bonds. The summed E-state index contributed by atoms with van der Waals surface area (Å²) in [6, 6.07) is 12.3. The van der Waals surface area contributed by atoms with Crippen LogP contribution in [0.2, 0.25) is 0 Å². The fourth-order valence-electron chi connectivity index (χ4n) is 3.17. The number of piperazine rings is 1. The van der Waals surface area contributed by atoms with Crippen molar-refractivity contribution in [3.63, 3.8) is 0 Å². The Morgan fingerprint density at radius 2 is 1.73 bits per heavy atom. The summed E-state index contributed by atoms with van der Waals surface area (Å²) < 4.78 is 10.4. The third-order valence-electron chi connectivity index (χ3n) is 4.77. The van der Waals surface area contributed by atoms with Crippen LogP contribution in [0.5, 0.6) is 17.2 Å². The van der Waals surface area contributed by atoms with Crippen molar-refractivity contribution in [3.8, 4) is 17.2 Å². The quantitative estimate of drug-likeness (QED) is 0.435. The van der Waals surface area contributed by atoms with Gasteiger partial charge in [0.05, 0.1) is 26.1 Å². The highest BCUT2D eigenvalue weighted by Crippen LogP contribution is 2.28. The van der Waals surface area contributed by atoms with Gasteiger partial charge in [-0.15, -0.1) is 0 Å². The number of rotatable bonds is 5. The number of hydrazone groups is 1. The van der Waals surface area contributed by atoms with E-state index >= 15 is 0 Å². The number of benzene rings is 2. The molecule has 1 fully saturated rings. The number of carbonyl (C=O) groups excluding carboxylic acids is 2. The smallest absolute Gasteiger partial charge is 0.329 e. The van der Waals surface area contributed by atoms with Crippen LogP contribution in [0.4, 0.5) is 5.69 Å². The third-order valence-corrected chi connectivity index (χ3v) is 4.77. The van der Waals surface area contributed by atoms with Crippen LogP contribution in [-0.2, 0) is 9.59 Å². The van der Waals surface area contributed by atoms with E-state index in [0.29, 0.717) is 31.7 Å². The maximum atomic E-state index is 12.4. The van der Waals surface area contributed by atoms with Gasteiger partial charge >= 0.3 is 11.8 Å². The molecule has 0 aliphatic carbocycles. The van der Waals surface area contributed by atoms with Gasteiger partial charge in [0.1, 0.15) is 5.75 Å². The van der Waals surface area contributed by atoms with Crippen LogP contribution in [0.3, 0.4) is 0 Å². The van der Waals surface area contributed by atoms with Crippen molar-refractivity contribution < 1.29 is 24.2 Å². The zero-order chi connectivity index (χ0) is 21.5. The average Bonchev–Trinajstić information content (AvgIpc) is 2.79. The number of ether oxygens (including phenoxy) is 2. The Morgan fingerprint density at radius 3 is 2.43 bits per heavy atom. The van der Waals surface area contributed by atoms with E-state index < -0.39 is 11.8 Å². The summed E-state index contributed by atoms with van der Waals surface area (Å²) in [6.07, 6.45) is 1.37. The van der Waals surface area contributed by atoms with Crippen LogP contribution in [0, 0.1) is 0 Å². The number of amides is 2. The fraction of sp³-hybridized carbons (Fsp3) is 0.286. The molecule has 2 aromatic carbocycles. The zero-order valence-corrected chi connectivity index (χ0v) is 16.9. The minimum absolute atomic E-state index is 0.00104. The Hall–Kier alpha value is -3.75. The first-order valence-corrected chi connectivity index (χ1v) is 9.40. The number of methoxy groups -OCH3 is 2. The summed E-state index contributed by atoms with van der Waals surface area (Å²) in [6.45, 7) is 2.03. The van der Waals surface area contributed by atoms with E-state index in [1.807, 2.05) is 24.3 Å². The number of hydrogen-bond donors (Lipinski definition) is 2. The number of para-hydroxylation sites is 2. The number of nitrogens with one attached hydrogen (secondary N) is 1. The molecule has 0 unspecified atom stereocenters. The molecule has 0 spiro atoms. The number of hydrogen-bond acceptors (Lipinski definition) is 7. The normalized spacial score (nSPS) is 13.9. The van der Waals surface area contributed by atoms with Crippen molar-refractivity contribution in [2.75, 3.05) is 45.3 Å². The third kappa shape index (κ3) is 4.80. The molecule has 2 aromatic rings. The Bertz CT molecular complexity index is 939. The molecule has 1 aliphatic rings. The summed E-state index contributed by atoms with van der Waals surface area (Å²) in [4.78, 5) is 28.2. The Kier molecular flexibility index (Phi) is 6.74. The van der Waals surface area contributed by atoms with Crippen LogP contribution in [-0.4, -0.2) is 68.4 Å². The summed E-state index contributed by atoms with van der Waals surface area (Å²) in [5.41, 5.74) is 3.81. The van der Waals surface area contributed by atoms with Gasteiger partial charge in [-0.2, -0.15) is 5.10 Å². The Morgan fingerprint density at radius 1 is 1.03 bits per heavy atom. The van der Waals surface area contributed by atoms with Gasteiger partial charge in [0.25, 0.3) is 0 Å². The minimum Gasteiger partial charge on any atom is -0.504 e. The van der Waals surface area contributed by atoms with Gasteiger partial charge in [-0.05, 0) is 35.9 Å². The number of anilines is 1. The monoisotopic (exact) mass is 412 g/mol. The lowest BCUT2D eigenvalue weighted by Gasteiger charge is -2.36. The van der Waals surface area contributed by atoms with Crippen LogP contribution in [0.15, 0.2) is 47.6 Å². The summed E-state index contributed by atoms with van der Waals surface area (Å²) in [7, 11) is 3.06. The zero-order valence-electron chi connectivity index (χ0n) is 16.9. The predicted molar refractivity (Wildman–Crippen MR) is 112 cm³/mol. The van der Waals surface area contributed by atoms with Gasteiger partial charge in [0.15, 0.2) is 11.5 Å². The van der Waals surface area contributed by atoms with E-state index in [9.17, 15) is 14.7 Å². The van der Waals surface area contributed by atoms with E-state index in [0.717, 1.165) is 11.4 Å². The Balaban J connectivity index is 1.53. The highest BCUT2D eigenvalue weighted by atomic mass is 16.5. The van der Waals surface area contributed by atoms with E-state index in [4.69, 9.17) is 9.47 Å². The lowest BCUT2D eigenvalue weighted by Crippen LogP contribution is -2.52. The second-order valence-corrected chi connectivity index (χ2v) is 6.58. The van der Waals surface area contributed by atoms with Crippen LogP contribution in [0.1, 0.15) is 5.56 Å².